The Hall–Kier alpha value is -2.93. The van der Waals surface area contributed by atoms with Gasteiger partial charge < -0.3 is 9.47 Å². The zero-order valence-electron chi connectivity index (χ0n) is 16.2. The Bertz CT molecular complexity index is 895. The highest BCUT2D eigenvalue weighted by molar-refractivity contribution is 7.18. The minimum Gasteiger partial charge on any atom is -0.494 e. The molecule has 3 rings (SSSR count). The van der Waals surface area contributed by atoms with Gasteiger partial charge in [-0.15, -0.1) is 10.2 Å². The number of anilines is 1. The predicted octanol–water partition coefficient (Wildman–Crippen LogP) is 4.42. The molecule has 0 saturated carbocycles. The first-order valence-electron chi connectivity index (χ1n) is 9.15. The van der Waals surface area contributed by atoms with E-state index in [1.807, 2.05) is 75.4 Å². The molecular weight excluding hydrogens is 374 g/mol. The molecule has 0 spiro atoms. The Balaban J connectivity index is 1.73. The number of carbonyl (C=O) groups excluding carboxylic acids is 1. The number of para-hydroxylation sites is 1. The number of amides is 1. The summed E-state index contributed by atoms with van der Waals surface area (Å²) in [6.07, 6.45) is 0. The topological polar surface area (TPSA) is 64.6 Å². The van der Waals surface area contributed by atoms with Crippen LogP contribution in [0.3, 0.4) is 0 Å². The quantitative estimate of drug-likeness (QED) is 0.563. The summed E-state index contributed by atoms with van der Waals surface area (Å²) in [5, 5.41) is 9.80. The summed E-state index contributed by atoms with van der Waals surface area (Å²) < 4.78 is 11.1. The number of hydrogen-bond acceptors (Lipinski definition) is 6. The molecular formula is C21H23N3O3S. The standard InChI is InChI=1S/C21H23N3O3S/c1-4-26-18-12-10-16(11-13-18)20-22-23-21(28-20)24(15(2)3)19(25)14-27-17-8-6-5-7-9-17/h5-13,15H,4,14H2,1-3H3. The molecule has 0 atom stereocenters. The van der Waals surface area contributed by atoms with Gasteiger partial charge in [0.15, 0.2) is 6.61 Å². The zero-order valence-corrected chi connectivity index (χ0v) is 17.0. The van der Waals surface area contributed by atoms with E-state index in [-0.39, 0.29) is 18.6 Å². The number of hydrogen-bond donors (Lipinski definition) is 0. The van der Waals surface area contributed by atoms with Gasteiger partial charge in [-0.25, -0.2) is 0 Å². The highest BCUT2D eigenvalue weighted by Gasteiger charge is 2.24. The van der Waals surface area contributed by atoms with Crippen molar-refractivity contribution in [2.24, 2.45) is 0 Å². The number of rotatable bonds is 8. The van der Waals surface area contributed by atoms with Gasteiger partial charge in [0, 0.05) is 11.6 Å². The first-order valence-corrected chi connectivity index (χ1v) is 9.96. The molecule has 1 amide bonds. The van der Waals surface area contributed by atoms with Crippen LogP contribution in [0.1, 0.15) is 20.8 Å². The Kier molecular flexibility index (Phi) is 6.60. The Morgan fingerprint density at radius 1 is 1.00 bits per heavy atom. The molecule has 6 nitrogen and oxygen atoms in total. The van der Waals surface area contributed by atoms with E-state index < -0.39 is 0 Å². The molecule has 28 heavy (non-hydrogen) atoms. The molecule has 0 unspecified atom stereocenters. The summed E-state index contributed by atoms with van der Waals surface area (Å²) in [4.78, 5) is 14.4. The third-order valence-electron chi connectivity index (χ3n) is 3.92. The van der Waals surface area contributed by atoms with E-state index in [1.54, 1.807) is 4.90 Å². The molecule has 0 N–H and O–H groups in total. The van der Waals surface area contributed by atoms with Crippen molar-refractivity contribution in [3.05, 3.63) is 54.6 Å². The molecule has 0 saturated heterocycles. The fourth-order valence-electron chi connectivity index (χ4n) is 2.64. The monoisotopic (exact) mass is 397 g/mol. The van der Waals surface area contributed by atoms with E-state index in [0.29, 0.717) is 17.5 Å². The van der Waals surface area contributed by atoms with Crippen molar-refractivity contribution < 1.29 is 14.3 Å². The van der Waals surface area contributed by atoms with Crippen molar-refractivity contribution in [3.8, 4) is 22.1 Å². The number of ether oxygens (including phenoxy) is 2. The van der Waals surface area contributed by atoms with Crippen LogP contribution in [0.15, 0.2) is 54.6 Å². The first-order chi connectivity index (χ1) is 13.6. The SMILES string of the molecule is CCOc1ccc(-c2nnc(N(C(=O)COc3ccccc3)C(C)C)s2)cc1. The molecule has 1 heterocycles. The summed E-state index contributed by atoms with van der Waals surface area (Å²) >= 11 is 1.38. The lowest BCUT2D eigenvalue weighted by Crippen LogP contribution is -2.40. The van der Waals surface area contributed by atoms with Crippen molar-refractivity contribution in [1.29, 1.82) is 0 Å². The van der Waals surface area contributed by atoms with Crippen molar-refractivity contribution in [2.75, 3.05) is 18.1 Å². The second-order valence-electron chi connectivity index (χ2n) is 6.31. The minimum atomic E-state index is -0.159. The molecule has 0 bridgehead atoms. The first kappa shape index (κ1) is 19.8. The van der Waals surface area contributed by atoms with Gasteiger partial charge in [0.2, 0.25) is 5.13 Å². The third kappa shape index (κ3) is 4.86. The Morgan fingerprint density at radius 3 is 2.32 bits per heavy atom. The molecule has 0 fully saturated rings. The largest absolute Gasteiger partial charge is 0.494 e. The average molecular weight is 398 g/mol. The van der Waals surface area contributed by atoms with Gasteiger partial charge in [-0.05, 0) is 57.2 Å². The average Bonchev–Trinajstić information content (AvgIpc) is 3.17. The molecule has 146 valence electrons. The molecule has 1 aromatic heterocycles. The summed E-state index contributed by atoms with van der Waals surface area (Å²) in [7, 11) is 0. The summed E-state index contributed by atoms with van der Waals surface area (Å²) in [5.41, 5.74) is 0.934. The van der Waals surface area contributed by atoms with Crippen molar-refractivity contribution in [2.45, 2.75) is 26.8 Å². The van der Waals surface area contributed by atoms with Gasteiger partial charge in [-0.2, -0.15) is 0 Å². The van der Waals surface area contributed by atoms with E-state index in [2.05, 4.69) is 10.2 Å². The second kappa shape index (κ2) is 9.32. The molecule has 3 aromatic rings. The lowest BCUT2D eigenvalue weighted by atomic mass is 10.2. The molecule has 2 aromatic carbocycles. The van der Waals surface area contributed by atoms with E-state index in [0.717, 1.165) is 16.3 Å². The van der Waals surface area contributed by atoms with Crippen LogP contribution < -0.4 is 14.4 Å². The van der Waals surface area contributed by atoms with Crippen LogP contribution in [0.2, 0.25) is 0 Å². The maximum absolute atomic E-state index is 12.7. The summed E-state index contributed by atoms with van der Waals surface area (Å²) in [5.74, 6) is 1.31. The van der Waals surface area contributed by atoms with Gasteiger partial charge in [0.25, 0.3) is 5.91 Å². The number of aromatic nitrogens is 2. The fraction of sp³-hybridized carbons (Fsp3) is 0.286. The van der Waals surface area contributed by atoms with Gasteiger partial charge in [0.1, 0.15) is 16.5 Å². The van der Waals surface area contributed by atoms with Crippen LogP contribution in [0.4, 0.5) is 5.13 Å². The summed E-state index contributed by atoms with van der Waals surface area (Å²) in [6.45, 7) is 6.40. The van der Waals surface area contributed by atoms with E-state index in [1.165, 1.54) is 11.3 Å². The van der Waals surface area contributed by atoms with Gasteiger partial charge >= 0.3 is 0 Å². The minimum absolute atomic E-state index is 0.0554. The fourth-order valence-corrected chi connectivity index (χ4v) is 3.64. The second-order valence-corrected chi connectivity index (χ2v) is 7.26. The van der Waals surface area contributed by atoms with Crippen molar-refractivity contribution >= 4 is 22.4 Å². The molecule has 0 radical (unpaired) electrons. The van der Waals surface area contributed by atoms with Gasteiger partial charge in [-0.3, -0.25) is 9.69 Å². The van der Waals surface area contributed by atoms with Crippen LogP contribution in [-0.4, -0.2) is 35.4 Å². The maximum Gasteiger partial charge on any atom is 0.266 e. The zero-order chi connectivity index (χ0) is 19.9. The van der Waals surface area contributed by atoms with Gasteiger partial charge in [0.05, 0.1) is 6.61 Å². The van der Waals surface area contributed by atoms with Gasteiger partial charge in [-0.1, -0.05) is 29.5 Å². The smallest absolute Gasteiger partial charge is 0.266 e. The van der Waals surface area contributed by atoms with Crippen LogP contribution in [0.25, 0.3) is 10.6 Å². The van der Waals surface area contributed by atoms with Crippen LogP contribution >= 0.6 is 11.3 Å². The number of benzene rings is 2. The molecule has 7 heteroatoms. The van der Waals surface area contributed by atoms with E-state index in [4.69, 9.17) is 9.47 Å². The number of nitrogens with zero attached hydrogens (tertiary/aromatic N) is 3. The lowest BCUT2D eigenvalue weighted by molar-refractivity contribution is -0.120. The van der Waals surface area contributed by atoms with Crippen molar-refractivity contribution in [3.63, 3.8) is 0 Å². The number of carbonyl (C=O) groups is 1. The van der Waals surface area contributed by atoms with E-state index >= 15 is 0 Å². The third-order valence-corrected chi connectivity index (χ3v) is 4.89. The summed E-state index contributed by atoms with van der Waals surface area (Å²) in [6, 6.07) is 16.9. The van der Waals surface area contributed by atoms with Crippen molar-refractivity contribution in [1.82, 2.24) is 10.2 Å². The van der Waals surface area contributed by atoms with Crippen LogP contribution in [-0.2, 0) is 4.79 Å². The maximum atomic E-state index is 12.7. The predicted molar refractivity (Wildman–Crippen MR) is 111 cm³/mol. The highest BCUT2D eigenvalue weighted by atomic mass is 32.1. The molecule has 0 aliphatic heterocycles. The molecule has 0 aliphatic rings. The highest BCUT2D eigenvalue weighted by Crippen LogP contribution is 2.31. The van der Waals surface area contributed by atoms with Crippen LogP contribution in [0, 0.1) is 0 Å². The Morgan fingerprint density at radius 2 is 1.68 bits per heavy atom. The van der Waals surface area contributed by atoms with E-state index in [9.17, 15) is 4.79 Å². The lowest BCUT2D eigenvalue weighted by Gasteiger charge is -2.23. The normalized spacial score (nSPS) is 10.7. The molecule has 0 aliphatic carbocycles. The van der Waals surface area contributed by atoms with Crippen LogP contribution in [0.5, 0.6) is 11.5 Å². The Labute approximate surface area is 168 Å².